The molecule has 0 spiro atoms. The van der Waals surface area contributed by atoms with Crippen LogP contribution in [0.4, 0.5) is 17.1 Å². The van der Waals surface area contributed by atoms with E-state index in [1.165, 1.54) is 43.5 Å². The number of nitrogens with zero attached hydrogens (tertiary/aromatic N) is 2. The molecule has 3 heteroatoms. The highest BCUT2D eigenvalue weighted by molar-refractivity contribution is 6.18. The van der Waals surface area contributed by atoms with Gasteiger partial charge in [-0.3, -0.25) is 0 Å². The number of hydrogen-bond donors (Lipinski definition) is 0. The van der Waals surface area contributed by atoms with Crippen LogP contribution in [0, 0.1) is 0 Å². The van der Waals surface area contributed by atoms with Crippen LogP contribution in [-0.2, 0) is 0 Å². The van der Waals surface area contributed by atoms with Gasteiger partial charge in [-0.15, -0.1) is 0 Å². The molecule has 304 valence electrons. The van der Waals surface area contributed by atoms with Gasteiger partial charge in [-0.25, -0.2) is 0 Å². The van der Waals surface area contributed by atoms with Crippen molar-refractivity contribution in [2.45, 2.75) is 0 Å². The second-order valence-corrected chi connectivity index (χ2v) is 16.9. The Morgan fingerprint density at radius 1 is 0.308 bits per heavy atom. The van der Waals surface area contributed by atoms with Crippen molar-refractivity contribution in [1.29, 1.82) is 0 Å². The summed E-state index contributed by atoms with van der Waals surface area (Å²) in [5, 5.41) is 9.49. The molecule has 0 N–H and O–H groups in total. The lowest BCUT2D eigenvalue weighted by Crippen LogP contribution is -2.11. The molecule has 13 aromatic rings. The summed E-state index contributed by atoms with van der Waals surface area (Å²) in [6.45, 7) is 0. The van der Waals surface area contributed by atoms with Gasteiger partial charge in [0.15, 0.2) is 0 Å². The number of rotatable bonds is 7. The number of anilines is 3. The second-order valence-electron chi connectivity index (χ2n) is 16.9. The van der Waals surface area contributed by atoms with Crippen LogP contribution in [0.2, 0.25) is 0 Å². The van der Waals surface area contributed by atoms with Crippen molar-refractivity contribution in [2.75, 3.05) is 4.90 Å². The van der Waals surface area contributed by atoms with Crippen molar-refractivity contribution in [3.05, 3.63) is 243 Å². The fourth-order valence-electron chi connectivity index (χ4n) is 10.1. The molecule has 2 aromatic heterocycles. The number of benzene rings is 11. The van der Waals surface area contributed by atoms with Crippen molar-refractivity contribution in [2.24, 2.45) is 0 Å². The lowest BCUT2D eigenvalue weighted by molar-refractivity contribution is 0.674. The molecule has 0 atom stereocenters. The maximum Gasteiger partial charge on any atom is 0.143 e. The van der Waals surface area contributed by atoms with Gasteiger partial charge < -0.3 is 13.9 Å². The SMILES string of the molecule is c1cc(-c2ccc3ccccc3c2)cc(N(c2ccc(-c3cccc(-n4c5ccccc5c5ccccc54)c3)cc2)c2ccccc2-c2cccc3c2oc2c4ccccc4ccc32)c1. The van der Waals surface area contributed by atoms with Gasteiger partial charge in [0.25, 0.3) is 0 Å². The fraction of sp³-hybridized carbons (Fsp3) is 0. The molecule has 0 unspecified atom stereocenters. The van der Waals surface area contributed by atoms with Gasteiger partial charge in [-0.05, 0) is 105 Å². The molecule has 13 rings (SSSR count). The molecular weight excluding hydrogens is 789 g/mol. The summed E-state index contributed by atoms with van der Waals surface area (Å²) in [5.74, 6) is 0. The highest BCUT2D eigenvalue weighted by Gasteiger charge is 2.22. The molecule has 65 heavy (non-hydrogen) atoms. The molecule has 0 aliphatic carbocycles. The van der Waals surface area contributed by atoms with Gasteiger partial charge in [0.1, 0.15) is 11.2 Å². The maximum atomic E-state index is 6.94. The average Bonchev–Trinajstić information content (AvgIpc) is 3.93. The number of fused-ring (bicyclic) bond motifs is 9. The summed E-state index contributed by atoms with van der Waals surface area (Å²) in [7, 11) is 0. The van der Waals surface area contributed by atoms with Crippen LogP contribution in [0.3, 0.4) is 0 Å². The Kier molecular flexibility index (Phi) is 8.53. The number of para-hydroxylation sites is 4. The average molecular weight is 829 g/mol. The first kappa shape index (κ1) is 36.9. The summed E-state index contributed by atoms with van der Waals surface area (Å²) in [5.41, 5.74) is 15.3. The van der Waals surface area contributed by atoms with E-state index in [1.54, 1.807) is 0 Å². The third-order valence-corrected chi connectivity index (χ3v) is 13.2. The zero-order valence-electron chi connectivity index (χ0n) is 35.4. The van der Waals surface area contributed by atoms with Crippen molar-refractivity contribution >= 4 is 82.4 Å². The van der Waals surface area contributed by atoms with Crippen molar-refractivity contribution in [3.63, 3.8) is 0 Å². The minimum absolute atomic E-state index is 0.884. The van der Waals surface area contributed by atoms with Gasteiger partial charge in [0, 0.05) is 55.1 Å². The Bertz CT molecular complexity index is 3910. The molecule has 2 heterocycles. The van der Waals surface area contributed by atoms with Crippen LogP contribution in [0.25, 0.3) is 104 Å². The highest BCUT2D eigenvalue weighted by atomic mass is 16.3. The quantitative estimate of drug-likeness (QED) is 0.160. The standard InChI is InChI=1S/C62H40N2O/c1-2-16-44-38-47(31-30-41(44)14-1)46-18-12-19-49(40-46)63(58-27-8-7-24-54(58)55-25-13-26-56-57-37-34-43-15-3-4-21-51(43)61(57)65-62(55)56)48-35-32-42(33-36-48)45-17-11-20-50(39-45)64-59-28-9-5-22-52(59)53-23-6-10-29-60(53)64/h1-40H. The molecule has 0 aliphatic heterocycles. The first-order chi connectivity index (χ1) is 32.2. The van der Waals surface area contributed by atoms with Gasteiger partial charge in [0.05, 0.1) is 16.7 Å². The summed E-state index contributed by atoms with van der Waals surface area (Å²) in [6.07, 6.45) is 0. The topological polar surface area (TPSA) is 21.3 Å². The number of aromatic nitrogens is 1. The third kappa shape index (κ3) is 6.12. The smallest absolute Gasteiger partial charge is 0.143 e. The minimum atomic E-state index is 0.884. The summed E-state index contributed by atoms with van der Waals surface area (Å²) >= 11 is 0. The molecule has 11 aromatic carbocycles. The van der Waals surface area contributed by atoms with E-state index in [1.807, 2.05) is 0 Å². The monoisotopic (exact) mass is 828 g/mol. The molecular formula is C62H40N2O. The third-order valence-electron chi connectivity index (χ3n) is 13.2. The van der Waals surface area contributed by atoms with Gasteiger partial charge in [-0.1, -0.05) is 176 Å². The zero-order valence-corrected chi connectivity index (χ0v) is 35.4. The molecule has 0 bridgehead atoms. The van der Waals surface area contributed by atoms with Crippen LogP contribution < -0.4 is 4.90 Å². The second kappa shape index (κ2) is 15.0. The lowest BCUT2D eigenvalue weighted by Gasteiger charge is -2.28. The first-order valence-electron chi connectivity index (χ1n) is 22.2. The van der Waals surface area contributed by atoms with Gasteiger partial charge >= 0.3 is 0 Å². The van der Waals surface area contributed by atoms with Crippen LogP contribution >= 0.6 is 0 Å². The Balaban J connectivity index is 0.964. The van der Waals surface area contributed by atoms with Gasteiger partial charge in [-0.2, -0.15) is 0 Å². The van der Waals surface area contributed by atoms with Crippen LogP contribution in [0.1, 0.15) is 0 Å². The van der Waals surface area contributed by atoms with Crippen molar-refractivity contribution in [3.8, 4) is 39.1 Å². The van der Waals surface area contributed by atoms with Crippen molar-refractivity contribution in [1.82, 2.24) is 4.57 Å². The maximum absolute atomic E-state index is 6.94. The molecule has 3 nitrogen and oxygen atoms in total. The van der Waals surface area contributed by atoms with E-state index in [9.17, 15) is 0 Å². The summed E-state index contributed by atoms with van der Waals surface area (Å²) in [4.78, 5) is 2.40. The first-order valence-corrected chi connectivity index (χ1v) is 22.2. The largest absolute Gasteiger partial charge is 0.455 e. The highest BCUT2D eigenvalue weighted by Crippen LogP contribution is 2.46. The van der Waals surface area contributed by atoms with E-state index >= 15 is 0 Å². The molecule has 0 saturated carbocycles. The lowest BCUT2D eigenvalue weighted by atomic mass is 9.97. The van der Waals surface area contributed by atoms with E-state index in [2.05, 4.69) is 252 Å². The minimum Gasteiger partial charge on any atom is -0.455 e. The molecule has 0 fully saturated rings. The van der Waals surface area contributed by atoms with E-state index < -0.39 is 0 Å². The molecule has 0 saturated heterocycles. The summed E-state index contributed by atoms with van der Waals surface area (Å²) in [6, 6.07) is 87.7. The van der Waals surface area contributed by atoms with E-state index in [0.29, 0.717) is 0 Å². The Morgan fingerprint density at radius 3 is 1.69 bits per heavy atom. The Morgan fingerprint density at radius 2 is 0.877 bits per heavy atom. The van der Waals surface area contributed by atoms with E-state index in [0.717, 1.165) is 77.9 Å². The molecule has 0 radical (unpaired) electrons. The van der Waals surface area contributed by atoms with Crippen LogP contribution in [0.15, 0.2) is 247 Å². The summed E-state index contributed by atoms with van der Waals surface area (Å²) < 4.78 is 9.32. The molecule has 0 aliphatic rings. The van der Waals surface area contributed by atoms with E-state index in [-0.39, 0.29) is 0 Å². The van der Waals surface area contributed by atoms with Crippen LogP contribution in [0.5, 0.6) is 0 Å². The Hall–Kier alpha value is -8.66. The zero-order chi connectivity index (χ0) is 42.8. The number of hydrogen-bond acceptors (Lipinski definition) is 2. The fourth-order valence-corrected chi connectivity index (χ4v) is 10.1. The van der Waals surface area contributed by atoms with E-state index in [4.69, 9.17) is 4.42 Å². The van der Waals surface area contributed by atoms with Gasteiger partial charge in [0.2, 0.25) is 0 Å². The van der Waals surface area contributed by atoms with Crippen molar-refractivity contribution < 1.29 is 4.42 Å². The number of furan rings is 1. The van der Waals surface area contributed by atoms with Crippen LogP contribution in [-0.4, -0.2) is 4.57 Å². The molecule has 0 amide bonds. The predicted octanol–water partition coefficient (Wildman–Crippen LogP) is 17.5. The Labute approximate surface area is 376 Å². The predicted molar refractivity (Wildman–Crippen MR) is 274 cm³/mol. The normalized spacial score (nSPS) is 11.7.